The first-order valence-corrected chi connectivity index (χ1v) is 13.2. The van der Waals surface area contributed by atoms with Gasteiger partial charge in [-0.3, -0.25) is 0 Å². The summed E-state index contributed by atoms with van der Waals surface area (Å²) < 4.78 is 9.15. The molecule has 0 fully saturated rings. The summed E-state index contributed by atoms with van der Waals surface area (Å²) in [6, 6.07) is 22.7. The van der Waals surface area contributed by atoms with Gasteiger partial charge in [0.05, 0.1) is 0 Å². The molecule has 2 heterocycles. The molecule has 33 heavy (non-hydrogen) atoms. The smallest absolute Gasteiger partial charge is 0.143 e. The Labute approximate surface area is 199 Å². The van der Waals surface area contributed by atoms with Crippen LogP contribution in [0.4, 0.5) is 0 Å². The van der Waals surface area contributed by atoms with Crippen LogP contribution in [0, 0.1) is 6.92 Å². The van der Waals surface area contributed by atoms with Crippen molar-refractivity contribution in [3.63, 3.8) is 0 Å². The number of furan rings is 1. The molecule has 0 aliphatic heterocycles. The molecular weight excluding hydrogens is 420 g/mol. The molecule has 0 atom stereocenters. The Kier molecular flexibility index (Phi) is 5.34. The molecule has 0 saturated heterocycles. The molecule has 6 aromatic rings. The van der Waals surface area contributed by atoms with Gasteiger partial charge < -0.3 is 4.42 Å². The van der Waals surface area contributed by atoms with Gasteiger partial charge in [0.15, 0.2) is 0 Å². The molecule has 0 saturated carbocycles. The number of unbranched alkanes of at least 4 members (excludes halogenated alkanes) is 5. The topological polar surface area (TPSA) is 13.1 Å². The highest BCUT2D eigenvalue weighted by Gasteiger charge is 2.14. The van der Waals surface area contributed by atoms with E-state index < -0.39 is 0 Å². The van der Waals surface area contributed by atoms with Crippen LogP contribution in [-0.2, 0) is 6.42 Å². The van der Waals surface area contributed by atoms with E-state index in [2.05, 4.69) is 74.5 Å². The number of thiophene rings is 1. The average Bonchev–Trinajstić information content (AvgIpc) is 3.38. The first-order chi connectivity index (χ1) is 16.2. The van der Waals surface area contributed by atoms with E-state index in [4.69, 9.17) is 4.42 Å². The largest absolute Gasteiger partial charge is 0.455 e. The maximum absolute atomic E-state index is 6.37. The van der Waals surface area contributed by atoms with Gasteiger partial charge in [0, 0.05) is 41.7 Å². The summed E-state index contributed by atoms with van der Waals surface area (Å²) in [5.41, 5.74) is 4.70. The van der Waals surface area contributed by atoms with Gasteiger partial charge in [-0.05, 0) is 55.2 Å². The highest BCUT2D eigenvalue weighted by atomic mass is 32.1. The molecule has 0 aliphatic carbocycles. The molecule has 2 aromatic heterocycles. The lowest BCUT2D eigenvalue weighted by atomic mass is 10.0. The summed E-state index contributed by atoms with van der Waals surface area (Å²) in [6.07, 6.45) is 9.29. The number of rotatable bonds is 7. The number of benzene rings is 4. The lowest BCUT2D eigenvalue weighted by Crippen LogP contribution is -1.86. The zero-order chi connectivity index (χ0) is 22.4. The molecule has 2 heteroatoms. The number of hydrogen-bond donors (Lipinski definition) is 0. The Balaban J connectivity index is 1.40. The summed E-state index contributed by atoms with van der Waals surface area (Å²) in [4.78, 5) is 0. The average molecular weight is 451 g/mol. The third kappa shape index (κ3) is 3.61. The van der Waals surface area contributed by atoms with Gasteiger partial charge in [0.2, 0.25) is 0 Å². The van der Waals surface area contributed by atoms with Crippen molar-refractivity contribution < 1.29 is 4.42 Å². The fourth-order valence-corrected chi connectivity index (χ4v) is 6.58. The molecule has 0 amide bonds. The van der Waals surface area contributed by atoms with Gasteiger partial charge in [-0.25, -0.2) is 0 Å². The molecular formula is C31H30OS. The Morgan fingerprint density at radius 2 is 1.33 bits per heavy atom. The second-order valence-corrected chi connectivity index (χ2v) is 10.6. The molecule has 1 nitrogen and oxygen atoms in total. The van der Waals surface area contributed by atoms with E-state index in [0.29, 0.717) is 0 Å². The van der Waals surface area contributed by atoms with Gasteiger partial charge in [-0.2, -0.15) is 0 Å². The SMILES string of the molecule is CCCCCCCCc1ccc2c(c1)sc1c2ccc2c1ccc1c3ccc(C)cc3oc12. The fourth-order valence-electron chi connectivity index (χ4n) is 5.29. The quantitative estimate of drug-likeness (QED) is 0.220. The highest BCUT2D eigenvalue weighted by Crippen LogP contribution is 2.42. The van der Waals surface area contributed by atoms with Crippen molar-refractivity contribution in [3.8, 4) is 0 Å². The van der Waals surface area contributed by atoms with E-state index in [-0.39, 0.29) is 0 Å². The monoisotopic (exact) mass is 450 g/mol. The molecule has 166 valence electrons. The van der Waals surface area contributed by atoms with Gasteiger partial charge >= 0.3 is 0 Å². The molecule has 4 aromatic carbocycles. The highest BCUT2D eigenvalue weighted by molar-refractivity contribution is 7.26. The van der Waals surface area contributed by atoms with Crippen molar-refractivity contribution in [1.82, 2.24) is 0 Å². The minimum Gasteiger partial charge on any atom is -0.455 e. The van der Waals surface area contributed by atoms with Crippen LogP contribution >= 0.6 is 11.3 Å². The van der Waals surface area contributed by atoms with Crippen LogP contribution in [0.3, 0.4) is 0 Å². The van der Waals surface area contributed by atoms with E-state index in [1.807, 2.05) is 11.3 Å². The van der Waals surface area contributed by atoms with Crippen LogP contribution in [0.1, 0.15) is 56.6 Å². The molecule has 0 aliphatic rings. The summed E-state index contributed by atoms with van der Waals surface area (Å²) in [6.45, 7) is 4.40. The Hall–Kier alpha value is -2.84. The summed E-state index contributed by atoms with van der Waals surface area (Å²) in [5.74, 6) is 0. The van der Waals surface area contributed by atoms with Crippen molar-refractivity contribution >= 4 is 64.2 Å². The first kappa shape index (κ1) is 20.7. The fraction of sp³-hybridized carbons (Fsp3) is 0.290. The minimum absolute atomic E-state index is 0.980. The first-order valence-electron chi connectivity index (χ1n) is 12.4. The number of fused-ring (bicyclic) bond motifs is 9. The zero-order valence-corrected chi connectivity index (χ0v) is 20.4. The second-order valence-electron chi connectivity index (χ2n) is 9.53. The molecule has 0 radical (unpaired) electrons. The van der Waals surface area contributed by atoms with E-state index in [0.717, 1.165) is 11.2 Å². The number of aryl methyl sites for hydroxylation is 2. The second kappa shape index (κ2) is 8.50. The van der Waals surface area contributed by atoms with Crippen molar-refractivity contribution in [2.45, 2.75) is 58.8 Å². The van der Waals surface area contributed by atoms with Crippen LogP contribution in [-0.4, -0.2) is 0 Å². The van der Waals surface area contributed by atoms with Gasteiger partial charge in [0.1, 0.15) is 11.2 Å². The van der Waals surface area contributed by atoms with Gasteiger partial charge in [0.25, 0.3) is 0 Å². The Morgan fingerprint density at radius 3 is 2.18 bits per heavy atom. The van der Waals surface area contributed by atoms with Crippen molar-refractivity contribution in [2.75, 3.05) is 0 Å². The predicted molar refractivity (Wildman–Crippen MR) is 146 cm³/mol. The predicted octanol–water partition coefficient (Wildman–Crippen LogP) is 10.3. The molecule has 0 spiro atoms. The van der Waals surface area contributed by atoms with E-state index >= 15 is 0 Å². The Morgan fingerprint density at radius 1 is 0.667 bits per heavy atom. The van der Waals surface area contributed by atoms with Crippen molar-refractivity contribution in [1.29, 1.82) is 0 Å². The molecule has 0 unspecified atom stereocenters. The summed E-state index contributed by atoms with van der Waals surface area (Å²) in [5, 5.41) is 7.67. The third-order valence-electron chi connectivity index (χ3n) is 7.11. The van der Waals surface area contributed by atoms with Crippen LogP contribution in [0.15, 0.2) is 65.1 Å². The van der Waals surface area contributed by atoms with Crippen LogP contribution in [0.2, 0.25) is 0 Å². The molecule has 0 bridgehead atoms. The minimum atomic E-state index is 0.980. The van der Waals surface area contributed by atoms with Crippen LogP contribution in [0.5, 0.6) is 0 Å². The normalized spacial score (nSPS) is 12.2. The van der Waals surface area contributed by atoms with Crippen LogP contribution in [0.25, 0.3) is 52.9 Å². The maximum Gasteiger partial charge on any atom is 0.143 e. The van der Waals surface area contributed by atoms with Crippen LogP contribution < -0.4 is 0 Å². The van der Waals surface area contributed by atoms with E-state index in [1.54, 1.807) is 0 Å². The Bertz CT molecular complexity index is 1610. The summed E-state index contributed by atoms with van der Waals surface area (Å²) >= 11 is 1.93. The third-order valence-corrected chi connectivity index (χ3v) is 8.31. The zero-order valence-electron chi connectivity index (χ0n) is 19.5. The molecule has 0 N–H and O–H groups in total. The number of hydrogen-bond acceptors (Lipinski definition) is 2. The maximum atomic E-state index is 6.37. The van der Waals surface area contributed by atoms with Crippen molar-refractivity contribution in [3.05, 3.63) is 71.8 Å². The summed E-state index contributed by atoms with van der Waals surface area (Å²) in [7, 11) is 0. The van der Waals surface area contributed by atoms with E-state index in [1.165, 1.54) is 97.8 Å². The van der Waals surface area contributed by atoms with E-state index in [9.17, 15) is 0 Å². The van der Waals surface area contributed by atoms with Gasteiger partial charge in [-0.15, -0.1) is 11.3 Å². The standard InChI is InChI=1S/C31H30OS/c1-3-4-5-6-7-8-9-21-11-13-23-26-16-15-25-27(31(26)33-29(23)19-21)17-14-24-22-12-10-20(2)18-28(22)32-30(24)25/h10-19H,3-9H2,1-2H3. The lowest BCUT2D eigenvalue weighted by molar-refractivity contribution is 0.607. The molecule has 6 rings (SSSR count). The van der Waals surface area contributed by atoms with Crippen molar-refractivity contribution in [2.24, 2.45) is 0 Å². The van der Waals surface area contributed by atoms with Gasteiger partial charge in [-0.1, -0.05) is 75.4 Å². The lowest BCUT2D eigenvalue weighted by Gasteiger charge is -2.03.